The smallest absolute Gasteiger partial charge is 0.254 e. The average molecular weight is 532 g/mol. The maximum absolute atomic E-state index is 13.7. The molecule has 4 rings (SSSR count). The molecule has 0 radical (unpaired) electrons. The van der Waals surface area contributed by atoms with E-state index in [0.717, 1.165) is 31.6 Å². The highest BCUT2D eigenvalue weighted by atomic mass is 32.2. The van der Waals surface area contributed by atoms with Gasteiger partial charge in [-0.3, -0.25) is 9.69 Å². The molecule has 38 heavy (non-hydrogen) atoms. The molecule has 6 nitrogen and oxygen atoms in total. The van der Waals surface area contributed by atoms with Crippen molar-refractivity contribution in [3.05, 3.63) is 114 Å². The van der Waals surface area contributed by atoms with Crippen LogP contribution in [0.3, 0.4) is 0 Å². The summed E-state index contributed by atoms with van der Waals surface area (Å²) in [7, 11) is -3.72. The highest BCUT2D eigenvalue weighted by Crippen LogP contribution is 2.20. The van der Waals surface area contributed by atoms with Crippen molar-refractivity contribution in [2.75, 3.05) is 39.3 Å². The summed E-state index contributed by atoms with van der Waals surface area (Å²) >= 11 is 0. The van der Waals surface area contributed by atoms with Gasteiger partial charge in [0.1, 0.15) is 0 Å². The zero-order chi connectivity index (χ0) is 27.0. The number of benzene rings is 3. The Morgan fingerprint density at radius 1 is 0.789 bits per heavy atom. The van der Waals surface area contributed by atoms with Crippen LogP contribution in [0.5, 0.6) is 0 Å². The fraction of sp³-hybridized carbons (Fsp3) is 0.323. The third-order valence-corrected chi connectivity index (χ3v) is 8.67. The number of amides is 1. The number of hydrogen-bond acceptors (Lipinski definition) is 4. The van der Waals surface area contributed by atoms with Gasteiger partial charge in [-0.25, -0.2) is 8.42 Å². The summed E-state index contributed by atoms with van der Waals surface area (Å²) in [4.78, 5) is 17.8. The zero-order valence-electron chi connectivity index (χ0n) is 22.1. The molecule has 3 aromatic carbocycles. The molecule has 0 aliphatic carbocycles. The van der Waals surface area contributed by atoms with Gasteiger partial charge in [0.2, 0.25) is 10.0 Å². The molecule has 1 saturated heterocycles. The van der Waals surface area contributed by atoms with E-state index in [1.54, 1.807) is 17.0 Å². The minimum absolute atomic E-state index is 0.0636. The van der Waals surface area contributed by atoms with Crippen molar-refractivity contribution >= 4 is 15.9 Å². The number of aryl methyl sites for hydroxylation is 1. The third kappa shape index (κ3) is 7.40. The predicted molar refractivity (Wildman–Crippen MR) is 152 cm³/mol. The Balaban J connectivity index is 1.59. The van der Waals surface area contributed by atoms with Crippen LogP contribution in [-0.2, 0) is 16.6 Å². The molecule has 0 aromatic heterocycles. The molecule has 0 N–H and O–H groups in total. The molecule has 0 unspecified atom stereocenters. The maximum atomic E-state index is 13.7. The SMILES string of the molecule is C=C1CN(C(=O)c2ccccc2)CCCN(Cc2ccccc2)CCCN(S(=O)(=O)c2ccc(C)cc2)C1. The van der Waals surface area contributed by atoms with Crippen LogP contribution in [0, 0.1) is 6.92 Å². The van der Waals surface area contributed by atoms with Crippen molar-refractivity contribution in [2.24, 2.45) is 0 Å². The zero-order valence-corrected chi connectivity index (χ0v) is 22.9. The van der Waals surface area contributed by atoms with E-state index in [1.807, 2.05) is 67.6 Å². The van der Waals surface area contributed by atoms with Gasteiger partial charge in [-0.1, -0.05) is 72.8 Å². The molecule has 200 valence electrons. The lowest BCUT2D eigenvalue weighted by atomic mass is 10.1. The van der Waals surface area contributed by atoms with Gasteiger partial charge in [-0.05, 0) is 61.7 Å². The van der Waals surface area contributed by atoms with Crippen LogP contribution >= 0.6 is 0 Å². The quantitative estimate of drug-likeness (QED) is 0.436. The predicted octanol–water partition coefficient (Wildman–Crippen LogP) is 4.98. The van der Waals surface area contributed by atoms with Crippen molar-refractivity contribution in [2.45, 2.75) is 31.2 Å². The molecule has 0 saturated carbocycles. The molecule has 3 aromatic rings. The van der Waals surface area contributed by atoms with Gasteiger partial charge in [-0.15, -0.1) is 0 Å². The number of hydrogen-bond donors (Lipinski definition) is 0. The molecule has 0 spiro atoms. The van der Waals surface area contributed by atoms with Crippen LogP contribution in [0.1, 0.15) is 34.3 Å². The van der Waals surface area contributed by atoms with Crippen molar-refractivity contribution in [3.8, 4) is 0 Å². The molecule has 1 heterocycles. The fourth-order valence-corrected chi connectivity index (χ4v) is 6.30. The number of rotatable bonds is 5. The lowest BCUT2D eigenvalue weighted by molar-refractivity contribution is 0.0758. The lowest BCUT2D eigenvalue weighted by Gasteiger charge is -2.31. The average Bonchev–Trinajstić information content (AvgIpc) is 2.92. The van der Waals surface area contributed by atoms with Gasteiger partial charge < -0.3 is 4.90 Å². The van der Waals surface area contributed by atoms with E-state index in [1.165, 1.54) is 9.87 Å². The standard InChI is InChI=1S/C31H37N3O3S/c1-26-15-17-30(18-16-26)38(36,37)34-22-10-20-32(25-28-11-5-3-6-12-28)19-9-21-33(23-27(2)24-34)31(35)29-13-7-4-8-14-29/h3-8,11-18H,2,9-10,19-25H2,1H3. The van der Waals surface area contributed by atoms with Gasteiger partial charge in [-0.2, -0.15) is 4.31 Å². The Morgan fingerprint density at radius 3 is 2.05 bits per heavy atom. The van der Waals surface area contributed by atoms with Gasteiger partial charge >= 0.3 is 0 Å². The van der Waals surface area contributed by atoms with Crippen LogP contribution in [0.4, 0.5) is 0 Å². The van der Waals surface area contributed by atoms with E-state index >= 15 is 0 Å². The summed E-state index contributed by atoms with van der Waals surface area (Å²) in [5, 5.41) is 0. The normalized spacial score (nSPS) is 17.0. The second-order valence-corrected chi connectivity index (χ2v) is 11.9. The summed E-state index contributed by atoms with van der Waals surface area (Å²) in [6, 6.07) is 26.5. The number of carbonyl (C=O) groups excluding carboxylic acids is 1. The molecule has 1 amide bonds. The minimum Gasteiger partial charge on any atom is -0.335 e. The largest absolute Gasteiger partial charge is 0.335 e. The molecule has 1 fully saturated rings. The molecule has 0 atom stereocenters. The van der Waals surface area contributed by atoms with Crippen molar-refractivity contribution in [1.29, 1.82) is 0 Å². The fourth-order valence-electron chi connectivity index (χ4n) is 4.80. The first-order valence-electron chi connectivity index (χ1n) is 13.2. The summed E-state index contributed by atoms with van der Waals surface area (Å²) in [5.41, 5.74) is 3.55. The van der Waals surface area contributed by atoms with Gasteiger partial charge in [0.05, 0.1) is 4.90 Å². The lowest BCUT2D eigenvalue weighted by Crippen LogP contribution is -2.41. The minimum atomic E-state index is -3.72. The summed E-state index contributed by atoms with van der Waals surface area (Å²) in [6.45, 7) is 9.93. The van der Waals surface area contributed by atoms with Gasteiger partial charge in [0.25, 0.3) is 5.91 Å². The van der Waals surface area contributed by atoms with Crippen LogP contribution in [0.2, 0.25) is 0 Å². The second-order valence-electron chi connectivity index (χ2n) is 9.96. The van der Waals surface area contributed by atoms with Crippen LogP contribution < -0.4 is 0 Å². The van der Waals surface area contributed by atoms with Gasteiger partial charge in [0.15, 0.2) is 0 Å². The summed E-state index contributed by atoms with van der Waals surface area (Å²) in [5.74, 6) is -0.0636. The topological polar surface area (TPSA) is 60.9 Å². The van der Waals surface area contributed by atoms with Crippen LogP contribution in [-0.4, -0.2) is 67.7 Å². The van der Waals surface area contributed by atoms with E-state index in [0.29, 0.717) is 37.2 Å². The first kappa shape index (κ1) is 27.8. The number of nitrogens with zero attached hydrogens (tertiary/aromatic N) is 3. The molecule has 1 aliphatic heterocycles. The molecule has 7 heteroatoms. The highest BCUT2D eigenvalue weighted by molar-refractivity contribution is 7.89. The van der Waals surface area contributed by atoms with E-state index in [4.69, 9.17) is 0 Å². The first-order valence-corrected chi connectivity index (χ1v) is 14.6. The van der Waals surface area contributed by atoms with E-state index < -0.39 is 10.0 Å². The maximum Gasteiger partial charge on any atom is 0.254 e. The third-order valence-electron chi connectivity index (χ3n) is 6.81. The molecule has 0 bridgehead atoms. The van der Waals surface area contributed by atoms with Crippen molar-refractivity contribution < 1.29 is 13.2 Å². The number of carbonyl (C=O) groups is 1. The molecular weight excluding hydrogens is 494 g/mol. The van der Waals surface area contributed by atoms with Crippen LogP contribution in [0.25, 0.3) is 0 Å². The van der Waals surface area contributed by atoms with E-state index in [9.17, 15) is 13.2 Å². The Hall–Kier alpha value is -3.26. The Morgan fingerprint density at radius 2 is 1.39 bits per heavy atom. The van der Waals surface area contributed by atoms with Crippen molar-refractivity contribution in [3.63, 3.8) is 0 Å². The molecule has 1 aliphatic rings. The highest BCUT2D eigenvalue weighted by Gasteiger charge is 2.27. The Labute approximate surface area is 227 Å². The Bertz CT molecular complexity index is 1310. The summed E-state index contributed by atoms with van der Waals surface area (Å²) in [6.07, 6.45) is 1.53. The van der Waals surface area contributed by atoms with E-state index in [-0.39, 0.29) is 17.3 Å². The van der Waals surface area contributed by atoms with Gasteiger partial charge in [0, 0.05) is 44.8 Å². The van der Waals surface area contributed by atoms with E-state index in [2.05, 4.69) is 23.6 Å². The Kier molecular flexibility index (Phi) is 9.50. The summed E-state index contributed by atoms with van der Waals surface area (Å²) < 4.78 is 28.8. The number of sulfonamides is 1. The molecular formula is C31H37N3O3S. The van der Waals surface area contributed by atoms with Crippen molar-refractivity contribution in [1.82, 2.24) is 14.1 Å². The monoisotopic (exact) mass is 531 g/mol. The first-order chi connectivity index (χ1) is 18.3. The van der Waals surface area contributed by atoms with Crippen LogP contribution in [0.15, 0.2) is 102 Å². The second kappa shape index (κ2) is 13.0.